The Morgan fingerprint density at radius 1 is 1.47 bits per heavy atom. The van der Waals surface area contributed by atoms with Gasteiger partial charge in [-0.2, -0.15) is 11.8 Å². The van der Waals surface area contributed by atoms with Crippen LogP contribution in [0.4, 0.5) is 4.39 Å². The average Bonchev–Trinajstić information content (AvgIpc) is 2.28. The smallest absolute Gasteiger partial charge is 0.254 e. The minimum absolute atomic E-state index is 0.0954. The van der Waals surface area contributed by atoms with E-state index < -0.39 is 5.82 Å². The highest BCUT2D eigenvalue weighted by atomic mass is 79.9. The highest BCUT2D eigenvalue weighted by Gasteiger charge is 2.10. The van der Waals surface area contributed by atoms with Crippen LogP contribution in [0.15, 0.2) is 22.7 Å². The molecular weight excluding hydrogens is 305 g/mol. The third-order valence-corrected chi connectivity index (χ3v) is 3.43. The molecule has 5 heteroatoms. The SMILES string of the molecule is CSCCCCNC(=O)c1ccc(Br)cc1F. The van der Waals surface area contributed by atoms with Crippen molar-refractivity contribution in [2.24, 2.45) is 0 Å². The molecule has 0 fully saturated rings. The molecule has 17 heavy (non-hydrogen) atoms. The summed E-state index contributed by atoms with van der Waals surface area (Å²) in [6.45, 7) is 0.592. The molecule has 1 rings (SSSR count). The number of carbonyl (C=O) groups is 1. The number of carbonyl (C=O) groups excluding carboxylic acids is 1. The second kappa shape index (κ2) is 7.71. The van der Waals surface area contributed by atoms with Gasteiger partial charge in [-0.3, -0.25) is 4.79 Å². The largest absolute Gasteiger partial charge is 0.352 e. The lowest BCUT2D eigenvalue weighted by atomic mass is 10.2. The predicted molar refractivity (Wildman–Crippen MR) is 74.0 cm³/mol. The van der Waals surface area contributed by atoms with Crippen molar-refractivity contribution < 1.29 is 9.18 Å². The summed E-state index contributed by atoms with van der Waals surface area (Å²) in [7, 11) is 0. The van der Waals surface area contributed by atoms with E-state index in [4.69, 9.17) is 0 Å². The summed E-state index contributed by atoms with van der Waals surface area (Å²) in [5, 5.41) is 2.71. The normalized spacial score (nSPS) is 10.3. The molecule has 0 radical (unpaired) electrons. The Morgan fingerprint density at radius 2 is 2.24 bits per heavy atom. The van der Waals surface area contributed by atoms with E-state index in [-0.39, 0.29) is 11.5 Å². The molecule has 0 spiro atoms. The topological polar surface area (TPSA) is 29.1 Å². The van der Waals surface area contributed by atoms with Gasteiger partial charge in [-0.25, -0.2) is 4.39 Å². The van der Waals surface area contributed by atoms with Gasteiger partial charge < -0.3 is 5.32 Å². The lowest BCUT2D eigenvalue weighted by molar-refractivity contribution is 0.0949. The van der Waals surface area contributed by atoms with E-state index in [9.17, 15) is 9.18 Å². The Balaban J connectivity index is 2.42. The van der Waals surface area contributed by atoms with Gasteiger partial charge in [-0.15, -0.1) is 0 Å². The molecule has 0 aliphatic heterocycles. The van der Waals surface area contributed by atoms with Gasteiger partial charge >= 0.3 is 0 Å². The summed E-state index contributed by atoms with van der Waals surface area (Å²) in [5.74, 6) is 0.239. The molecular formula is C12H15BrFNOS. The minimum atomic E-state index is -0.499. The fourth-order valence-electron chi connectivity index (χ4n) is 1.34. The highest BCUT2D eigenvalue weighted by Crippen LogP contribution is 2.15. The molecule has 0 aliphatic rings. The Bertz CT molecular complexity index is 387. The first-order chi connectivity index (χ1) is 8.15. The van der Waals surface area contributed by atoms with Crippen molar-refractivity contribution in [2.75, 3.05) is 18.6 Å². The highest BCUT2D eigenvalue weighted by molar-refractivity contribution is 9.10. The van der Waals surface area contributed by atoms with Crippen LogP contribution in [0.5, 0.6) is 0 Å². The van der Waals surface area contributed by atoms with E-state index in [1.807, 2.05) is 0 Å². The number of amides is 1. The van der Waals surface area contributed by atoms with Gasteiger partial charge in [0.05, 0.1) is 5.56 Å². The molecule has 0 heterocycles. The molecule has 2 nitrogen and oxygen atoms in total. The zero-order valence-corrected chi connectivity index (χ0v) is 12.0. The summed E-state index contributed by atoms with van der Waals surface area (Å²) in [6, 6.07) is 4.44. The number of benzene rings is 1. The second-order valence-electron chi connectivity index (χ2n) is 3.58. The molecule has 1 N–H and O–H groups in total. The van der Waals surface area contributed by atoms with Crippen LogP contribution in [0.3, 0.4) is 0 Å². The molecule has 0 saturated carbocycles. The van der Waals surface area contributed by atoms with Crippen molar-refractivity contribution in [1.82, 2.24) is 5.32 Å². The quantitative estimate of drug-likeness (QED) is 0.813. The molecule has 1 aromatic carbocycles. The maximum absolute atomic E-state index is 13.4. The van der Waals surface area contributed by atoms with Crippen LogP contribution < -0.4 is 5.32 Å². The Kier molecular flexibility index (Phi) is 6.58. The molecule has 1 amide bonds. The number of hydrogen-bond donors (Lipinski definition) is 1. The van der Waals surface area contributed by atoms with Gasteiger partial charge in [-0.05, 0) is 43.0 Å². The van der Waals surface area contributed by atoms with Gasteiger partial charge in [-0.1, -0.05) is 15.9 Å². The number of hydrogen-bond acceptors (Lipinski definition) is 2. The van der Waals surface area contributed by atoms with Gasteiger partial charge in [0.25, 0.3) is 5.91 Å². The first-order valence-corrected chi connectivity index (χ1v) is 7.56. The van der Waals surface area contributed by atoms with E-state index in [1.54, 1.807) is 17.8 Å². The van der Waals surface area contributed by atoms with Crippen molar-refractivity contribution in [3.63, 3.8) is 0 Å². The van der Waals surface area contributed by atoms with E-state index >= 15 is 0 Å². The van der Waals surface area contributed by atoms with E-state index in [1.165, 1.54) is 12.1 Å². The van der Waals surface area contributed by atoms with E-state index in [2.05, 4.69) is 27.5 Å². The van der Waals surface area contributed by atoms with Crippen LogP contribution in [0.2, 0.25) is 0 Å². The van der Waals surface area contributed by atoms with Gasteiger partial charge in [0.15, 0.2) is 0 Å². The van der Waals surface area contributed by atoms with E-state index in [0.717, 1.165) is 18.6 Å². The van der Waals surface area contributed by atoms with Crippen LogP contribution in [-0.4, -0.2) is 24.5 Å². The minimum Gasteiger partial charge on any atom is -0.352 e. The number of thioether (sulfide) groups is 1. The van der Waals surface area contributed by atoms with Crippen LogP contribution in [0.1, 0.15) is 23.2 Å². The zero-order chi connectivity index (χ0) is 12.7. The molecule has 0 atom stereocenters. The molecule has 0 saturated heterocycles. The third kappa shape index (κ3) is 5.08. The molecule has 94 valence electrons. The van der Waals surface area contributed by atoms with Crippen LogP contribution in [0, 0.1) is 5.82 Å². The fraction of sp³-hybridized carbons (Fsp3) is 0.417. The molecule has 1 aromatic rings. The first kappa shape index (κ1) is 14.5. The Hall–Kier alpha value is -0.550. The number of rotatable bonds is 6. The molecule has 0 unspecified atom stereocenters. The van der Waals surface area contributed by atoms with E-state index in [0.29, 0.717) is 11.0 Å². The van der Waals surface area contributed by atoms with Gasteiger partial charge in [0.1, 0.15) is 5.82 Å². The zero-order valence-electron chi connectivity index (χ0n) is 9.63. The first-order valence-electron chi connectivity index (χ1n) is 5.37. The monoisotopic (exact) mass is 319 g/mol. The lowest BCUT2D eigenvalue weighted by Gasteiger charge is -2.06. The number of nitrogens with one attached hydrogen (secondary N) is 1. The molecule has 0 aromatic heterocycles. The molecule has 0 aliphatic carbocycles. The molecule has 0 bridgehead atoms. The van der Waals surface area contributed by atoms with Gasteiger partial charge in [0.2, 0.25) is 0 Å². The summed E-state index contributed by atoms with van der Waals surface area (Å²) in [5.41, 5.74) is 0.0954. The maximum atomic E-state index is 13.4. The van der Waals surface area contributed by atoms with Crippen molar-refractivity contribution in [3.8, 4) is 0 Å². The second-order valence-corrected chi connectivity index (χ2v) is 5.48. The lowest BCUT2D eigenvalue weighted by Crippen LogP contribution is -2.25. The number of halogens is 2. The standard InChI is InChI=1S/C12H15BrFNOS/c1-17-7-3-2-6-15-12(16)10-5-4-9(13)8-11(10)14/h4-5,8H,2-3,6-7H2,1H3,(H,15,16). The van der Waals surface area contributed by atoms with Crippen LogP contribution >= 0.6 is 27.7 Å². The van der Waals surface area contributed by atoms with Crippen molar-refractivity contribution >= 4 is 33.6 Å². The Morgan fingerprint density at radius 3 is 2.88 bits per heavy atom. The summed E-state index contributed by atoms with van der Waals surface area (Å²) in [6.07, 6.45) is 4.03. The van der Waals surface area contributed by atoms with Crippen molar-refractivity contribution in [1.29, 1.82) is 0 Å². The fourth-order valence-corrected chi connectivity index (χ4v) is 2.17. The number of unbranched alkanes of at least 4 members (excludes halogenated alkanes) is 1. The summed E-state index contributed by atoms with van der Waals surface area (Å²) >= 11 is 4.94. The average molecular weight is 320 g/mol. The van der Waals surface area contributed by atoms with Crippen molar-refractivity contribution in [3.05, 3.63) is 34.1 Å². The summed E-state index contributed by atoms with van der Waals surface area (Å²) < 4.78 is 14.1. The maximum Gasteiger partial charge on any atom is 0.254 e. The van der Waals surface area contributed by atoms with Crippen LogP contribution in [0.25, 0.3) is 0 Å². The van der Waals surface area contributed by atoms with Crippen molar-refractivity contribution in [2.45, 2.75) is 12.8 Å². The Labute approximate surface area is 113 Å². The van der Waals surface area contributed by atoms with Gasteiger partial charge in [0, 0.05) is 11.0 Å². The predicted octanol–water partition coefficient (Wildman–Crippen LogP) is 3.46. The summed E-state index contributed by atoms with van der Waals surface area (Å²) in [4.78, 5) is 11.6. The third-order valence-electron chi connectivity index (χ3n) is 2.24. The van der Waals surface area contributed by atoms with Crippen LogP contribution in [-0.2, 0) is 0 Å².